The maximum absolute atomic E-state index is 12.7. The number of hydrogen-bond donors (Lipinski definition) is 0. The third-order valence-electron chi connectivity index (χ3n) is 4.48. The second-order valence-electron chi connectivity index (χ2n) is 6.24. The Kier molecular flexibility index (Phi) is 5.51. The van der Waals surface area contributed by atoms with Gasteiger partial charge in [-0.2, -0.15) is 9.57 Å². The highest BCUT2D eigenvalue weighted by Crippen LogP contribution is 2.20. The average Bonchev–Trinajstić information content (AvgIpc) is 2.68. The molecule has 2 aromatic carbocycles. The maximum Gasteiger partial charge on any atom is 0.269 e. The van der Waals surface area contributed by atoms with Crippen LogP contribution in [0.25, 0.3) is 0 Å². The quantitative estimate of drug-likeness (QED) is 0.574. The molecule has 0 spiro atoms. The molecule has 1 fully saturated rings. The minimum absolute atomic E-state index is 0.0505. The van der Waals surface area contributed by atoms with Gasteiger partial charge in [0, 0.05) is 44.9 Å². The van der Waals surface area contributed by atoms with Gasteiger partial charge in [-0.1, -0.05) is 12.1 Å². The van der Waals surface area contributed by atoms with Gasteiger partial charge in [0.25, 0.3) is 5.69 Å². The van der Waals surface area contributed by atoms with Gasteiger partial charge in [-0.25, -0.2) is 8.42 Å². The van der Waals surface area contributed by atoms with Crippen LogP contribution in [0.3, 0.4) is 0 Å². The van der Waals surface area contributed by atoms with Crippen LogP contribution in [-0.2, 0) is 16.6 Å². The Morgan fingerprint density at radius 2 is 1.74 bits per heavy atom. The number of nitriles is 1. The van der Waals surface area contributed by atoms with Crippen molar-refractivity contribution in [1.82, 2.24) is 9.21 Å². The third-order valence-corrected chi connectivity index (χ3v) is 6.39. The fraction of sp³-hybridized carbons (Fsp3) is 0.278. The molecule has 1 aliphatic heterocycles. The number of non-ortho nitro benzene ring substituents is 1. The zero-order valence-electron chi connectivity index (χ0n) is 14.5. The molecule has 1 saturated heterocycles. The lowest BCUT2D eigenvalue weighted by Crippen LogP contribution is -2.48. The van der Waals surface area contributed by atoms with Crippen molar-refractivity contribution >= 4 is 15.7 Å². The van der Waals surface area contributed by atoms with E-state index in [1.54, 1.807) is 12.1 Å². The number of sulfonamides is 1. The number of hydrogen-bond acceptors (Lipinski definition) is 6. The monoisotopic (exact) mass is 386 g/mol. The predicted molar refractivity (Wildman–Crippen MR) is 98.3 cm³/mol. The predicted octanol–water partition coefficient (Wildman–Crippen LogP) is 1.97. The van der Waals surface area contributed by atoms with Gasteiger partial charge in [0.15, 0.2) is 0 Å². The van der Waals surface area contributed by atoms with Crippen LogP contribution in [-0.4, -0.2) is 48.7 Å². The molecule has 3 rings (SSSR count). The zero-order valence-corrected chi connectivity index (χ0v) is 15.3. The van der Waals surface area contributed by atoms with Gasteiger partial charge in [0.1, 0.15) is 0 Å². The summed E-state index contributed by atoms with van der Waals surface area (Å²) in [6.07, 6.45) is 0. The summed E-state index contributed by atoms with van der Waals surface area (Å²) < 4.78 is 26.9. The van der Waals surface area contributed by atoms with Crippen molar-refractivity contribution < 1.29 is 13.3 Å². The van der Waals surface area contributed by atoms with Crippen LogP contribution in [0.15, 0.2) is 53.4 Å². The normalized spacial score (nSPS) is 16.0. The van der Waals surface area contributed by atoms with Crippen molar-refractivity contribution in [2.45, 2.75) is 11.4 Å². The third kappa shape index (κ3) is 4.31. The Labute approximate surface area is 157 Å². The lowest BCUT2D eigenvalue weighted by atomic mass is 10.2. The average molecular weight is 386 g/mol. The van der Waals surface area contributed by atoms with Crippen LogP contribution < -0.4 is 0 Å². The van der Waals surface area contributed by atoms with Crippen molar-refractivity contribution in [3.8, 4) is 6.07 Å². The van der Waals surface area contributed by atoms with E-state index in [4.69, 9.17) is 5.26 Å². The summed E-state index contributed by atoms with van der Waals surface area (Å²) in [5.74, 6) is 0. The van der Waals surface area contributed by atoms with Gasteiger partial charge < -0.3 is 0 Å². The SMILES string of the molecule is N#Cc1ccc(S(=O)(=O)N2CCN(Cc3cccc([N+](=O)[O-])c3)CC2)cc1. The molecule has 1 heterocycles. The van der Waals surface area contributed by atoms with Crippen molar-refractivity contribution in [3.05, 3.63) is 69.8 Å². The molecule has 8 nitrogen and oxygen atoms in total. The summed E-state index contributed by atoms with van der Waals surface area (Å²) in [4.78, 5) is 12.7. The van der Waals surface area contributed by atoms with Gasteiger partial charge in [0.05, 0.1) is 21.5 Å². The van der Waals surface area contributed by atoms with Gasteiger partial charge in [-0.05, 0) is 29.8 Å². The van der Waals surface area contributed by atoms with Crippen LogP contribution in [0.1, 0.15) is 11.1 Å². The van der Waals surface area contributed by atoms with Gasteiger partial charge in [-0.15, -0.1) is 0 Å². The second kappa shape index (κ2) is 7.84. The van der Waals surface area contributed by atoms with Crippen molar-refractivity contribution in [2.24, 2.45) is 0 Å². The van der Waals surface area contributed by atoms with Gasteiger partial charge in [0.2, 0.25) is 10.0 Å². The summed E-state index contributed by atoms with van der Waals surface area (Å²) in [6.45, 7) is 2.30. The van der Waals surface area contributed by atoms with Crippen molar-refractivity contribution in [3.63, 3.8) is 0 Å². The molecule has 0 aliphatic carbocycles. The topological polar surface area (TPSA) is 108 Å². The van der Waals surface area contributed by atoms with Crippen LogP contribution in [0.4, 0.5) is 5.69 Å². The Hall–Kier alpha value is -2.80. The molecule has 1 aliphatic rings. The van der Waals surface area contributed by atoms with Crippen LogP contribution in [0.2, 0.25) is 0 Å². The van der Waals surface area contributed by atoms with Gasteiger partial charge >= 0.3 is 0 Å². The van der Waals surface area contributed by atoms with Gasteiger partial charge in [-0.3, -0.25) is 15.0 Å². The first-order valence-corrected chi connectivity index (χ1v) is 9.80. The smallest absolute Gasteiger partial charge is 0.269 e. The van der Waals surface area contributed by atoms with E-state index in [1.807, 2.05) is 12.1 Å². The Morgan fingerprint density at radius 1 is 1.07 bits per heavy atom. The molecule has 0 saturated carbocycles. The highest BCUT2D eigenvalue weighted by atomic mass is 32.2. The fourth-order valence-corrected chi connectivity index (χ4v) is 4.43. The summed E-state index contributed by atoms with van der Waals surface area (Å²) in [6, 6.07) is 14.3. The standard InChI is InChI=1S/C18H18N4O4S/c19-13-15-4-6-18(7-5-15)27(25,26)21-10-8-20(9-11-21)14-16-2-1-3-17(12-16)22(23)24/h1-7,12H,8-11,14H2. The number of nitrogens with zero attached hydrogens (tertiary/aromatic N) is 4. The molecule has 0 radical (unpaired) electrons. The molecule has 0 unspecified atom stereocenters. The minimum Gasteiger partial charge on any atom is -0.296 e. The largest absolute Gasteiger partial charge is 0.296 e. The first-order chi connectivity index (χ1) is 12.9. The summed E-state index contributed by atoms with van der Waals surface area (Å²) >= 11 is 0. The van der Waals surface area contributed by atoms with Crippen LogP contribution >= 0.6 is 0 Å². The molecule has 27 heavy (non-hydrogen) atoms. The molecule has 0 aromatic heterocycles. The molecule has 9 heteroatoms. The first-order valence-electron chi connectivity index (χ1n) is 8.36. The van der Waals surface area contributed by atoms with E-state index in [1.165, 1.54) is 34.6 Å². The van der Waals surface area contributed by atoms with Crippen molar-refractivity contribution in [2.75, 3.05) is 26.2 Å². The first kappa shape index (κ1) is 19.0. The molecule has 0 N–H and O–H groups in total. The molecule has 0 amide bonds. The minimum atomic E-state index is -3.59. The molecule has 0 bridgehead atoms. The summed E-state index contributed by atoms with van der Waals surface area (Å²) in [5, 5.41) is 19.7. The summed E-state index contributed by atoms with van der Waals surface area (Å²) in [7, 11) is -3.59. The number of benzene rings is 2. The maximum atomic E-state index is 12.7. The number of nitro benzene ring substituents is 1. The van der Waals surface area contributed by atoms with E-state index in [0.717, 1.165) is 5.56 Å². The van der Waals surface area contributed by atoms with E-state index in [9.17, 15) is 18.5 Å². The molecule has 2 aromatic rings. The van der Waals surface area contributed by atoms with E-state index >= 15 is 0 Å². The lowest BCUT2D eigenvalue weighted by Gasteiger charge is -2.34. The highest BCUT2D eigenvalue weighted by Gasteiger charge is 2.28. The van der Waals surface area contributed by atoms with Crippen LogP contribution in [0, 0.1) is 21.4 Å². The Morgan fingerprint density at radius 3 is 2.33 bits per heavy atom. The Bertz CT molecular complexity index is 975. The summed E-state index contributed by atoms with van der Waals surface area (Å²) in [5.41, 5.74) is 1.29. The van der Waals surface area contributed by atoms with Crippen LogP contribution in [0.5, 0.6) is 0 Å². The van der Waals surface area contributed by atoms with E-state index in [0.29, 0.717) is 38.3 Å². The number of piperazine rings is 1. The molecule has 140 valence electrons. The van der Waals surface area contributed by atoms with E-state index in [2.05, 4.69) is 4.90 Å². The van der Waals surface area contributed by atoms with Crippen molar-refractivity contribution in [1.29, 1.82) is 5.26 Å². The lowest BCUT2D eigenvalue weighted by molar-refractivity contribution is -0.384. The molecular weight excluding hydrogens is 368 g/mol. The fourth-order valence-electron chi connectivity index (χ4n) is 3.01. The second-order valence-corrected chi connectivity index (χ2v) is 8.18. The molecule has 0 atom stereocenters. The number of rotatable bonds is 5. The highest BCUT2D eigenvalue weighted by molar-refractivity contribution is 7.89. The zero-order chi connectivity index (χ0) is 19.4. The molecular formula is C18H18N4O4S. The Balaban J connectivity index is 1.63. The number of nitro groups is 1. The van der Waals surface area contributed by atoms with E-state index < -0.39 is 14.9 Å². The van der Waals surface area contributed by atoms with E-state index in [-0.39, 0.29) is 10.6 Å².